The van der Waals surface area contributed by atoms with E-state index in [1.165, 1.54) is 38.5 Å². The molecule has 1 nitrogen and oxygen atoms in total. The summed E-state index contributed by atoms with van der Waals surface area (Å²) >= 11 is 0. The van der Waals surface area contributed by atoms with E-state index in [4.69, 9.17) is 5.26 Å². The first-order valence-electron chi connectivity index (χ1n) is 6.12. The van der Waals surface area contributed by atoms with Crippen molar-refractivity contribution in [3.63, 3.8) is 0 Å². The molecule has 1 fully saturated rings. The SMILES string of the molecule is CC(C)CCCC1CCCC(C#N)C1. The van der Waals surface area contributed by atoms with E-state index in [9.17, 15) is 0 Å². The minimum Gasteiger partial charge on any atom is -0.198 e. The first-order chi connectivity index (χ1) is 6.72. The van der Waals surface area contributed by atoms with E-state index in [1.54, 1.807) is 0 Å². The molecule has 0 N–H and O–H groups in total. The Balaban J connectivity index is 2.15. The van der Waals surface area contributed by atoms with Gasteiger partial charge in [-0.05, 0) is 24.7 Å². The Morgan fingerprint density at radius 1 is 1.36 bits per heavy atom. The summed E-state index contributed by atoms with van der Waals surface area (Å²) in [5.74, 6) is 2.06. The van der Waals surface area contributed by atoms with Gasteiger partial charge in [-0.15, -0.1) is 0 Å². The minimum absolute atomic E-state index is 0.368. The molecule has 1 rings (SSSR count). The van der Waals surface area contributed by atoms with Crippen LogP contribution in [-0.2, 0) is 0 Å². The molecular formula is C13H23N. The molecule has 2 unspecified atom stereocenters. The zero-order chi connectivity index (χ0) is 10.4. The molecule has 0 aliphatic heterocycles. The predicted molar refractivity (Wildman–Crippen MR) is 59.8 cm³/mol. The third-order valence-corrected chi connectivity index (χ3v) is 3.36. The number of rotatable bonds is 4. The van der Waals surface area contributed by atoms with Gasteiger partial charge in [0.05, 0.1) is 6.07 Å². The molecule has 0 radical (unpaired) electrons. The molecule has 0 aromatic heterocycles. The van der Waals surface area contributed by atoms with Crippen molar-refractivity contribution in [3.05, 3.63) is 0 Å². The fraction of sp³-hybridized carbons (Fsp3) is 0.923. The number of hydrogen-bond donors (Lipinski definition) is 0. The molecular weight excluding hydrogens is 170 g/mol. The van der Waals surface area contributed by atoms with E-state index < -0.39 is 0 Å². The quantitative estimate of drug-likeness (QED) is 0.658. The van der Waals surface area contributed by atoms with Crippen LogP contribution in [-0.4, -0.2) is 0 Å². The van der Waals surface area contributed by atoms with Crippen LogP contribution in [0.3, 0.4) is 0 Å². The molecule has 80 valence electrons. The maximum absolute atomic E-state index is 8.87. The molecule has 1 saturated carbocycles. The Labute approximate surface area is 88.5 Å². The summed E-state index contributed by atoms with van der Waals surface area (Å²) in [5.41, 5.74) is 0. The van der Waals surface area contributed by atoms with Crippen molar-refractivity contribution in [2.24, 2.45) is 17.8 Å². The van der Waals surface area contributed by atoms with Gasteiger partial charge in [0.15, 0.2) is 0 Å². The zero-order valence-electron chi connectivity index (χ0n) is 9.63. The number of nitriles is 1. The molecule has 0 heterocycles. The maximum Gasteiger partial charge on any atom is 0.0655 e. The van der Waals surface area contributed by atoms with Crippen LogP contribution in [0.25, 0.3) is 0 Å². The van der Waals surface area contributed by atoms with Crippen molar-refractivity contribution in [3.8, 4) is 6.07 Å². The Bertz CT molecular complexity index is 190. The van der Waals surface area contributed by atoms with Gasteiger partial charge in [0.25, 0.3) is 0 Å². The number of hydrogen-bond acceptors (Lipinski definition) is 1. The molecule has 2 atom stereocenters. The van der Waals surface area contributed by atoms with E-state index >= 15 is 0 Å². The van der Waals surface area contributed by atoms with Crippen LogP contribution in [0.5, 0.6) is 0 Å². The van der Waals surface area contributed by atoms with Gasteiger partial charge in [-0.3, -0.25) is 0 Å². The average molecular weight is 193 g/mol. The smallest absolute Gasteiger partial charge is 0.0655 e. The summed E-state index contributed by atoms with van der Waals surface area (Å²) in [5, 5.41) is 8.87. The molecule has 0 aromatic carbocycles. The van der Waals surface area contributed by atoms with Crippen LogP contribution in [0, 0.1) is 29.1 Å². The minimum atomic E-state index is 0.368. The molecule has 1 aliphatic rings. The summed E-state index contributed by atoms with van der Waals surface area (Å²) in [6.45, 7) is 4.58. The fourth-order valence-electron chi connectivity index (χ4n) is 2.49. The van der Waals surface area contributed by atoms with E-state index in [1.807, 2.05) is 0 Å². The van der Waals surface area contributed by atoms with Gasteiger partial charge in [-0.25, -0.2) is 0 Å². The van der Waals surface area contributed by atoms with E-state index in [-0.39, 0.29) is 0 Å². The van der Waals surface area contributed by atoms with E-state index in [0.29, 0.717) is 5.92 Å². The maximum atomic E-state index is 8.87. The second kappa shape index (κ2) is 6.06. The molecule has 0 bridgehead atoms. The van der Waals surface area contributed by atoms with Crippen molar-refractivity contribution in [2.75, 3.05) is 0 Å². The lowest BCUT2D eigenvalue weighted by Crippen LogP contribution is -2.14. The van der Waals surface area contributed by atoms with Crippen molar-refractivity contribution >= 4 is 0 Å². The van der Waals surface area contributed by atoms with Crippen molar-refractivity contribution in [1.29, 1.82) is 5.26 Å². The highest BCUT2D eigenvalue weighted by Crippen LogP contribution is 2.32. The molecule has 1 heteroatoms. The van der Waals surface area contributed by atoms with Crippen LogP contribution in [0.4, 0.5) is 0 Å². The van der Waals surface area contributed by atoms with Crippen molar-refractivity contribution in [2.45, 2.75) is 58.8 Å². The van der Waals surface area contributed by atoms with Crippen molar-refractivity contribution in [1.82, 2.24) is 0 Å². The predicted octanol–water partition coefficient (Wildman–Crippen LogP) is 4.14. The van der Waals surface area contributed by atoms with Gasteiger partial charge in [0.1, 0.15) is 0 Å². The van der Waals surface area contributed by atoms with Crippen LogP contribution in [0.1, 0.15) is 58.8 Å². The second-order valence-electron chi connectivity index (χ2n) is 5.18. The average Bonchev–Trinajstić information content (AvgIpc) is 2.18. The van der Waals surface area contributed by atoms with Gasteiger partial charge < -0.3 is 0 Å². The van der Waals surface area contributed by atoms with Crippen LogP contribution >= 0.6 is 0 Å². The van der Waals surface area contributed by atoms with Gasteiger partial charge in [-0.2, -0.15) is 5.26 Å². The topological polar surface area (TPSA) is 23.8 Å². The highest BCUT2D eigenvalue weighted by molar-refractivity contribution is 4.87. The molecule has 14 heavy (non-hydrogen) atoms. The standard InChI is InChI=1S/C13H23N/c1-11(2)5-3-6-12-7-4-8-13(9-12)10-14/h11-13H,3-9H2,1-2H3. The Morgan fingerprint density at radius 2 is 2.14 bits per heavy atom. The van der Waals surface area contributed by atoms with E-state index in [2.05, 4.69) is 19.9 Å². The molecule has 0 aromatic rings. The monoisotopic (exact) mass is 193 g/mol. The summed E-state index contributed by atoms with van der Waals surface area (Å²) < 4.78 is 0. The Morgan fingerprint density at radius 3 is 2.79 bits per heavy atom. The lowest BCUT2D eigenvalue weighted by atomic mass is 9.79. The van der Waals surface area contributed by atoms with Gasteiger partial charge in [0.2, 0.25) is 0 Å². The first-order valence-corrected chi connectivity index (χ1v) is 6.12. The van der Waals surface area contributed by atoms with Crippen LogP contribution in [0.15, 0.2) is 0 Å². The number of nitrogens with zero attached hydrogens (tertiary/aromatic N) is 1. The molecule has 1 aliphatic carbocycles. The lowest BCUT2D eigenvalue weighted by Gasteiger charge is -2.25. The van der Waals surface area contributed by atoms with Crippen molar-refractivity contribution < 1.29 is 0 Å². The third-order valence-electron chi connectivity index (χ3n) is 3.36. The largest absolute Gasteiger partial charge is 0.198 e. The second-order valence-corrected chi connectivity index (χ2v) is 5.18. The van der Waals surface area contributed by atoms with Gasteiger partial charge in [0, 0.05) is 5.92 Å². The highest BCUT2D eigenvalue weighted by atomic mass is 14.3. The van der Waals surface area contributed by atoms with E-state index in [0.717, 1.165) is 18.3 Å². The third kappa shape index (κ3) is 4.13. The summed E-state index contributed by atoms with van der Waals surface area (Å²) in [6.07, 6.45) is 9.05. The molecule has 0 saturated heterocycles. The molecule has 0 amide bonds. The Kier molecular flexibility index (Phi) is 5.01. The van der Waals surface area contributed by atoms with Gasteiger partial charge in [-0.1, -0.05) is 46.0 Å². The Hall–Kier alpha value is -0.510. The van der Waals surface area contributed by atoms with Gasteiger partial charge >= 0.3 is 0 Å². The first kappa shape index (κ1) is 11.6. The highest BCUT2D eigenvalue weighted by Gasteiger charge is 2.20. The zero-order valence-corrected chi connectivity index (χ0v) is 9.63. The fourth-order valence-corrected chi connectivity index (χ4v) is 2.49. The van der Waals surface area contributed by atoms with Crippen LogP contribution in [0.2, 0.25) is 0 Å². The normalized spacial score (nSPS) is 27.6. The van der Waals surface area contributed by atoms with Crippen LogP contribution < -0.4 is 0 Å². The molecule has 0 spiro atoms. The lowest BCUT2D eigenvalue weighted by molar-refractivity contribution is 0.284. The summed E-state index contributed by atoms with van der Waals surface area (Å²) in [7, 11) is 0. The summed E-state index contributed by atoms with van der Waals surface area (Å²) in [4.78, 5) is 0. The summed E-state index contributed by atoms with van der Waals surface area (Å²) in [6, 6.07) is 2.43.